The average Bonchev–Trinajstić information content (AvgIpc) is 3.35. The van der Waals surface area contributed by atoms with Crippen LogP contribution in [0, 0.1) is 9.49 Å². The molecule has 1 aliphatic rings. The molecule has 2 atom stereocenters. The molecule has 0 spiro atoms. The monoisotopic (exact) mass is 592 g/mol. The lowest BCUT2D eigenvalue weighted by atomic mass is 9.83. The zero-order valence-corrected chi connectivity index (χ0v) is 21.6. The summed E-state index contributed by atoms with van der Waals surface area (Å²) in [5.41, 5.74) is 1.22. The third kappa shape index (κ3) is 5.05. The minimum atomic E-state index is -1.71. The van der Waals surface area contributed by atoms with Crippen LogP contribution in [0.5, 0.6) is 0 Å². The van der Waals surface area contributed by atoms with Crippen LogP contribution in [0.25, 0.3) is 0 Å². The van der Waals surface area contributed by atoms with Crippen molar-refractivity contribution in [3.63, 3.8) is 0 Å². The summed E-state index contributed by atoms with van der Waals surface area (Å²) in [4.78, 5) is 15.2. The summed E-state index contributed by atoms with van der Waals surface area (Å²) in [5, 5.41) is 29.3. The Balaban J connectivity index is 1.52. The van der Waals surface area contributed by atoms with Gasteiger partial charge in [0.1, 0.15) is 0 Å². The molecule has 2 N–H and O–H groups in total. The molecule has 0 saturated heterocycles. The van der Waals surface area contributed by atoms with Crippen molar-refractivity contribution in [2.24, 2.45) is 5.92 Å². The average molecular weight is 593 g/mol. The molecule has 0 radical (unpaired) electrons. The number of rotatable bonds is 9. The van der Waals surface area contributed by atoms with Crippen LogP contribution in [0.4, 0.5) is 5.69 Å². The standard InChI is InChI=1S/C25H26ClIN4O3/c1-17(4-2-3-12-30-16-21(11-13-32)28-29-30)25(34)22-14-19(26)7-10-23(22)31(24(25)33)15-18-5-8-20(27)9-6-18/h2,4-10,14,16-17,32,34H,3,11-13,15H2,1H3/b4-2+/t17-,25+/m1/s1. The maximum Gasteiger partial charge on any atom is 0.264 e. The number of amides is 1. The normalized spacial score (nSPS) is 18.6. The van der Waals surface area contributed by atoms with Crippen LogP contribution >= 0.6 is 34.2 Å². The van der Waals surface area contributed by atoms with Gasteiger partial charge >= 0.3 is 0 Å². The van der Waals surface area contributed by atoms with E-state index in [1.165, 1.54) is 0 Å². The fourth-order valence-electron chi connectivity index (χ4n) is 4.17. The summed E-state index contributed by atoms with van der Waals surface area (Å²) >= 11 is 8.50. The Labute approximate surface area is 217 Å². The predicted octanol–water partition coefficient (Wildman–Crippen LogP) is 4.09. The fraction of sp³-hybridized carbons (Fsp3) is 0.320. The van der Waals surface area contributed by atoms with E-state index in [0.717, 1.165) is 14.8 Å². The van der Waals surface area contributed by atoms with Crippen molar-refractivity contribution in [1.82, 2.24) is 15.0 Å². The lowest BCUT2D eigenvalue weighted by Crippen LogP contribution is -2.44. The number of carbonyl (C=O) groups is 1. The van der Waals surface area contributed by atoms with E-state index in [9.17, 15) is 9.90 Å². The Hall–Kier alpha value is -2.27. The van der Waals surface area contributed by atoms with Crippen molar-refractivity contribution in [2.45, 2.75) is 38.5 Å². The molecular formula is C25H26ClIN4O3. The van der Waals surface area contributed by atoms with Crippen LogP contribution in [0.3, 0.4) is 0 Å². The number of fused-ring (bicyclic) bond motifs is 1. The highest BCUT2D eigenvalue weighted by molar-refractivity contribution is 14.1. The minimum Gasteiger partial charge on any atom is -0.396 e. The van der Waals surface area contributed by atoms with Gasteiger partial charge < -0.3 is 15.1 Å². The number of aromatic nitrogens is 3. The van der Waals surface area contributed by atoms with Gasteiger partial charge in [-0.2, -0.15) is 0 Å². The first-order chi connectivity index (χ1) is 16.3. The Morgan fingerprint density at radius 1 is 1.24 bits per heavy atom. The van der Waals surface area contributed by atoms with E-state index in [1.54, 1.807) is 27.8 Å². The topological polar surface area (TPSA) is 91.5 Å². The molecular weight excluding hydrogens is 567 g/mol. The third-order valence-corrected chi connectivity index (χ3v) is 7.00. The first-order valence-electron chi connectivity index (χ1n) is 11.1. The van der Waals surface area contributed by atoms with Gasteiger partial charge in [0, 0.05) is 45.8 Å². The molecule has 0 saturated carbocycles. The van der Waals surface area contributed by atoms with Gasteiger partial charge in [-0.15, -0.1) is 5.10 Å². The fourth-order valence-corrected chi connectivity index (χ4v) is 4.70. The van der Waals surface area contributed by atoms with Gasteiger partial charge in [0.25, 0.3) is 5.91 Å². The Morgan fingerprint density at radius 2 is 2.00 bits per heavy atom. The molecule has 7 nitrogen and oxygen atoms in total. The number of anilines is 1. The summed E-state index contributed by atoms with van der Waals surface area (Å²) in [5.74, 6) is -0.829. The number of aryl methyl sites for hydroxylation is 1. The Kier molecular flexibility index (Phi) is 7.71. The number of benzene rings is 2. The second kappa shape index (κ2) is 10.6. The van der Waals surface area contributed by atoms with E-state index in [4.69, 9.17) is 16.7 Å². The summed E-state index contributed by atoms with van der Waals surface area (Å²) in [6.07, 6.45) is 6.74. The highest BCUT2D eigenvalue weighted by Crippen LogP contribution is 2.46. The SMILES string of the molecule is C[C@H](/C=C/CCn1cc(CCO)nn1)[C@@]1(O)C(=O)N(Cc2ccc(I)cc2)c2ccc(Cl)cc21. The molecule has 178 valence electrons. The van der Waals surface area contributed by atoms with E-state index < -0.39 is 11.5 Å². The smallest absolute Gasteiger partial charge is 0.264 e. The lowest BCUT2D eigenvalue weighted by molar-refractivity contribution is -0.139. The second-order valence-corrected chi connectivity index (χ2v) is 10.1. The Morgan fingerprint density at radius 3 is 2.74 bits per heavy atom. The molecule has 2 aromatic carbocycles. The van der Waals surface area contributed by atoms with Crippen molar-refractivity contribution >= 4 is 45.8 Å². The Bertz CT molecular complexity index is 1200. The van der Waals surface area contributed by atoms with E-state index in [1.807, 2.05) is 49.5 Å². The quantitative estimate of drug-likeness (QED) is 0.289. The molecule has 0 unspecified atom stereocenters. The summed E-state index contributed by atoms with van der Waals surface area (Å²) in [6, 6.07) is 13.2. The van der Waals surface area contributed by atoms with Gasteiger partial charge in [-0.05, 0) is 64.9 Å². The maximum atomic E-state index is 13.6. The van der Waals surface area contributed by atoms with Crippen molar-refractivity contribution < 1.29 is 15.0 Å². The van der Waals surface area contributed by atoms with Crippen LogP contribution in [-0.2, 0) is 29.9 Å². The molecule has 0 aliphatic carbocycles. The van der Waals surface area contributed by atoms with Crippen molar-refractivity contribution in [1.29, 1.82) is 0 Å². The minimum absolute atomic E-state index is 0.0365. The first-order valence-corrected chi connectivity index (χ1v) is 12.5. The van der Waals surface area contributed by atoms with Gasteiger partial charge in [0.05, 0.1) is 17.9 Å². The number of hydrogen-bond acceptors (Lipinski definition) is 5. The highest BCUT2D eigenvalue weighted by atomic mass is 127. The number of carbonyl (C=O) groups excluding carboxylic acids is 1. The third-order valence-electron chi connectivity index (χ3n) is 6.05. The summed E-state index contributed by atoms with van der Waals surface area (Å²) < 4.78 is 2.83. The van der Waals surface area contributed by atoms with Crippen molar-refractivity contribution in [2.75, 3.05) is 11.5 Å². The summed E-state index contributed by atoms with van der Waals surface area (Å²) in [7, 11) is 0. The molecule has 1 aromatic heterocycles. The molecule has 2 heterocycles. The molecule has 34 heavy (non-hydrogen) atoms. The molecule has 3 aromatic rings. The van der Waals surface area contributed by atoms with Crippen LogP contribution in [0.2, 0.25) is 5.02 Å². The van der Waals surface area contributed by atoms with Gasteiger partial charge in [0.2, 0.25) is 0 Å². The molecule has 0 fully saturated rings. The van der Waals surface area contributed by atoms with Crippen LogP contribution in [-0.4, -0.2) is 37.7 Å². The molecule has 0 bridgehead atoms. The zero-order chi connectivity index (χ0) is 24.3. The van der Waals surface area contributed by atoms with E-state index in [-0.39, 0.29) is 12.5 Å². The maximum absolute atomic E-state index is 13.6. The summed E-state index contributed by atoms with van der Waals surface area (Å²) in [6.45, 7) is 2.85. The van der Waals surface area contributed by atoms with E-state index in [2.05, 4.69) is 32.9 Å². The molecule has 9 heteroatoms. The first kappa shape index (κ1) is 24.8. The number of hydrogen-bond donors (Lipinski definition) is 2. The van der Waals surface area contributed by atoms with Gasteiger partial charge in [0.15, 0.2) is 5.60 Å². The van der Waals surface area contributed by atoms with Crippen LogP contribution in [0.15, 0.2) is 60.8 Å². The van der Waals surface area contributed by atoms with Crippen LogP contribution in [0.1, 0.15) is 30.2 Å². The van der Waals surface area contributed by atoms with E-state index >= 15 is 0 Å². The van der Waals surface area contributed by atoms with Gasteiger partial charge in [-0.3, -0.25) is 9.48 Å². The number of halogens is 2. The van der Waals surface area contributed by atoms with Crippen LogP contribution < -0.4 is 4.90 Å². The zero-order valence-electron chi connectivity index (χ0n) is 18.7. The molecule has 4 rings (SSSR count). The van der Waals surface area contributed by atoms with Gasteiger partial charge in [-0.25, -0.2) is 0 Å². The van der Waals surface area contributed by atoms with E-state index in [0.29, 0.717) is 42.2 Å². The lowest BCUT2D eigenvalue weighted by Gasteiger charge is -2.27. The molecule has 1 aliphatic heterocycles. The predicted molar refractivity (Wildman–Crippen MR) is 139 cm³/mol. The second-order valence-electron chi connectivity index (χ2n) is 8.40. The van der Waals surface area contributed by atoms with Gasteiger partial charge in [-0.1, -0.05) is 48.0 Å². The molecule has 1 amide bonds. The van der Waals surface area contributed by atoms with Crippen molar-refractivity contribution in [3.8, 4) is 0 Å². The van der Waals surface area contributed by atoms with Crippen molar-refractivity contribution in [3.05, 3.63) is 86.2 Å². The number of nitrogens with zero attached hydrogens (tertiary/aromatic N) is 4. The largest absolute Gasteiger partial charge is 0.396 e. The number of aliphatic hydroxyl groups is 2. The highest BCUT2D eigenvalue weighted by Gasteiger charge is 2.52. The number of aliphatic hydroxyl groups excluding tert-OH is 1. The number of allylic oxidation sites excluding steroid dienone is 1.